The van der Waals surface area contributed by atoms with Crippen LogP contribution in [0.5, 0.6) is 11.5 Å². The van der Waals surface area contributed by atoms with Crippen LogP contribution in [-0.2, 0) is 12.8 Å². The Bertz CT molecular complexity index is 1780. The minimum absolute atomic E-state index is 0.167. The zero-order valence-corrected chi connectivity index (χ0v) is 18.5. The van der Waals surface area contributed by atoms with E-state index in [9.17, 15) is 10.2 Å². The molecule has 0 spiro atoms. The molecule has 0 atom stereocenters. The molecule has 1 aliphatic rings. The van der Waals surface area contributed by atoms with E-state index in [0.29, 0.717) is 11.1 Å². The number of rotatable bonds is 2. The van der Waals surface area contributed by atoms with E-state index in [-0.39, 0.29) is 11.5 Å². The summed E-state index contributed by atoms with van der Waals surface area (Å²) in [6.07, 6.45) is 2.11. The van der Waals surface area contributed by atoms with Gasteiger partial charge < -0.3 is 10.2 Å². The van der Waals surface area contributed by atoms with Crippen molar-refractivity contribution in [3.05, 3.63) is 108 Å². The third-order valence-electron chi connectivity index (χ3n) is 7.37. The van der Waals surface area contributed by atoms with Gasteiger partial charge in [-0.05, 0) is 79.5 Å². The maximum absolute atomic E-state index is 11.0. The Hall–Kier alpha value is -4.30. The molecule has 2 N–H and O–H groups in total. The Labute approximate surface area is 197 Å². The SMILES string of the molecule is Oc1ccc2ccccc2c1-c1c(O)ccc2c(-c3ccc4cccc5c4c3CC5)cccc12. The molecule has 0 heterocycles. The summed E-state index contributed by atoms with van der Waals surface area (Å²) >= 11 is 0. The van der Waals surface area contributed by atoms with Crippen LogP contribution in [0.15, 0.2) is 97.1 Å². The third-order valence-corrected chi connectivity index (χ3v) is 7.37. The van der Waals surface area contributed by atoms with E-state index < -0.39 is 0 Å². The van der Waals surface area contributed by atoms with Crippen molar-refractivity contribution in [1.29, 1.82) is 0 Å². The molecule has 6 aromatic carbocycles. The van der Waals surface area contributed by atoms with Crippen molar-refractivity contribution < 1.29 is 10.2 Å². The van der Waals surface area contributed by atoms with E-state index in [4.69, 9.17) is 0 Å². The number of hydrogen-bond acceptors (Lipinski definition) is 2. The first-order chi connectivity index (χ1) is 16.7. The molecular weight excluding hydrogens is 416 g/mol. The van der Waals surface area contributed by atoms with Crippen molar-refractivity contribution in [1.82, 2.24) is 0 Å². The summed E-state index contributed by atoms with van der Waals surface area (Å²) in [6, 6.07) is 32.7. The topological polar surface area (TPSA) is 40.5 Å². The van der Waals surface area contributed by atoms with E-state index in [0.717, 1.165) is 39.9 Å². The van der Waals surface area contributed by atoms with Crippen LogP contribution in [0.3, 0.4) is 0 Å². The number of benzene rings is 6. The number of aromatic hydroxyl groups is 2. The fourth-order valence-corrected chi connectivity index (χ4v) is 5.88. The second-order valence-electron chi connectivity index (χ2n) is 9.15. The Balaban J connectivity index is 1.56. The lowest BCUT2D eigenvalue weighted by atomic mass is 9.88. The van der Waals surface area contributed by atoms with Crippen molar-refractivity contribution in [3.8, 4) is 33.8 Å². The maximum Gasteiger partial charge on any atom is 0.124 e. The normalized spacial score (nSPS) is 12.7. The van der Waals surface area contributed by atoms with Gasteiger partial charge in [0.1, 0.15) is 11.5 Å². The van der Waals surface area contributed by atoms with E-state index in [1.165, 1.54) is 27.5 Å². The van der Waals surface area contributed by atoms with Gasteiger partial charge in [-0.25, -0.2) is 0 Å². The summed E-state index contributed by atoms with van der Waals surface area (Å²) in [5.74, 6) is 0.336. The maximum atomic E-state index is 11.0. The molecular formula is C32H22O2. The number of hydrogen-bond donors (Lipinski definition) is 2. The Kier molecular flexibility index (Phi) is 4.01. The average molecular weight is 439 g/mol. The number of fused-ring (bicyclic) bond motifs is 2. The van der Waals surface area contributed by atoms with Gasteiger partial charge in [0.2, 0.25) is 0 Å². The monoisotopic (exact) mass is 438 g/mol. The van der Waals surface area contributed by atoms with Gasteiger partial charge >= 0.3 is 0 Å². The molecule has 0 saturated heterocycles. The Morgan fingerprint density at radius 2 is 1.18 bits per heavy atom. The van der Waals surface area contributed by atoms with Crippen LogP contribution in [0.25, 0.3) is 54.6 Å². The van der Waals surface area contributed by atoms with Crippen LogP contribution in [0, 0.1) is 0 Å². The van der Waals surface area contributed by atoms with Crippen LogP contribution in [-0.4, -0.2) is 10.2 Å². The molecule has 0 bridgehead atoms. The first-order valence-corrected chi connectivity index (χ1v) is 11.7. The van der Waals surface area contributed by atoms with Crippen LogP contribution < -0.4 is 0 Å². The van der Waals surface area contributed by atoms with Gasteiger partial charge in [-0.1, -0.05) is 84.9 Å². The van der Waals surface area contributed by atoms with Crippen LogP contribution in [0.4, 0.5) is 0 Å². The van der Waals surface area contributed by atoms with Crippen molar-refractivity contribution in [2.45, 2.75) is 12.8 Å². The standard InChI is InChI=1S/C32H22O2/c33-28-17-13-19-5-1-2-8-22(19)31(28)32-26-10-4-9-23(25(26)16-18-29(32)34)24-14-11-20-6-3-7-21-12-15-27(24)30(20)21/h1-11,13-14,16-18,33-34H,12,15H2. The molecule has 34 heavy (non-hydrogen) atoms. The molecule has 6 aromatic rings. The first-order valence-electron chi connectivity index (χ1n) is 11.7. The predicted octanol–water partition coefficient (Wildman–Crippen LogP) is 7.99. The highest BCUT2D eigenvalue weighted by Gasteiger charge is 2.21. The van der Waals surface area contributed by atoms with Crippen molar-refractivity contribution in [3.63, 3.8) is 0 Å². The predicted molar refractivity (Wildman–Crippen MR) is 141 cm³/mol. The first kappa shape index (κ1) is 19.2. The van der Waals surface area contributed by atoms with Gasteiger partial charge in [0.15, 0.2) is 0 Å². The van der Waals surface area contributed by atoms with E-state index in [1.807, 2.05) is 42.5 Å². The molecule has 0 fully saturated rings. The van der Waals surface area contributed by atoms with Crippen molar-refractivity contribution >= 4 is 32.3 Å². The van der Waals surface area contributed by atoms with Crippen molar-refractivity contribution in [2.75, 3.05) is 0 Å². The summed E-state index contributed by atoms with van der Waals surface area (Å²) < 4.78 is 0. The molecule has 0 saturated carbocycles. The van der Waals surface area contributed by atoms with E-state index in [2.05, 4.69) is 42.5 Å². The van der Waals surface area contributed by atoms with Gasteiger partial charge in [0.25, 0.3) is 0 Å². The Morgan fingerprint density at radius 3 is 2.09 bits per heavy atom. The number of phenolic OH excluding ortho intramolecular Hbond substituents is 2. The number of phenols is 2. The molecule has 0 unspecified atom stereocenters. The van der Waals surface area contributed by atoms with Gasteiger partial charge in [-0.2, -0.15) is 0 Å². The Morgan fingerprint density at radius 1 is 0.471 bits per heavy atom. The second-order valence-corrected chi connectivity index (χ2v) is 9.15. The van der Waals surface area contributed by atoms with E-state index in [1.54, 1.807) is 12.1 Å². The lowest BCUT2D eigenvalue weighted by Crippen LogP contribution is -1.91. The lowest BCUT2D eigenvalue weighted by Gasteiger charge is -2.17. The summed E-state index contributed by atoms with van der Waals surface area (Å²) in [4.78, 5) is 0. The summed E-state index contributed by atoms with van der Waals surface area (Å²) in [7, 11) is 0. The lowest BCUT2D eigenvalue weighted by molar-refractivity contribution is 0.470. The van der Waals surface area contributed by atoms with Gasteiger partial charge in [-0.15, -0.1) is 0 Å². The summed E-state index contributed by atoms with van der Waals surface area (Å²) in [5.41, 5.74) is 6.58. The van der Waals surface area contributed by atoms with Crippen LogP contribution in [0.2, 0.25) is 0 Å². The van der Waals surface area contributed by atoms with Crippen molar-refractivity contribution in [2.24, 2.45) is 0 Å². The zero-order chi connectivity index (χ0) is 22.8. The largest absolute Gasteiger partial charge is 0.507 e. The van der Waals surface area contributed by atoms with Crippen LogP contribution >= 0.6 is 0 Å². The minimum Gasteiger partial charge on any atom is -0.507 e. The summed E-state index contributed by atoms with van der Waals surface area (Å²) in [6.45, 7) is 0. The summed E-state index contributed by atoms with van der Waals surface area (Å²) in [5, 5.41) is 28.6. The molecule has 0 amide bonds. The molecule has 162 valence electrons. The fourth-order valence-electron chi connectivity index (χ4n) is 5.88. The van der Waals surface area contributed by atoms with Gasteiger partial charge in [0.05, 0.1) is 0 Å². The van der Waals surface area contributed by atoms with Gasteiger partial charge in [-0.3, -0.25) is 0 Å². The molecule has 2 nitrogen and oxygen atoms in total. The smallest absolute Gasteiger partial charge is 0.124 e. The number of aryl methyl sites for hydroxylation is 2. The van der Waals surface area contributed by atoms with Gasteiger partial charge in [0, 0.05) is 11.1 Å². The molecule has 7 rings (SSSR count). The quantitative estimate of drug-likeness (QED) is 0.288. The fraction of sp³-hybridized carbons (Fsp3) is 0.0625. The highest BCUT2D eigenvalue weighted by atomic mass is 16.3. The average Bonchev–Trinajstić information content (AvgIpc) is 3.30. The van der Waals surface area contributed by atoms with E-state index >= 15 is 0 Å². The third kappa shape index (κ3) is 2.63. The molecule has 0 radical (unpaired) electrons. The highest BCUT2D eigenvalue weighted by Crippen LogP contribution is 2.47. The highest BCUT2D eigenvalue weighted by molar-refractivity contribution is 6.13. The molecule has 1 aliphatic carbocycles. The molecule has 0 aliphatic heterocycles. The zero-order valence-electron chi connectivity index (χ0n) is 18.5. The second kappa shape index (κ2) is 7.10. The van der Waals surface area contributed by atoms with Crippen LogP contribution in [0.1, 0.15) is 11.1 Å². The molecule has 0 aromatic heterocycles. The molecule has 2 heteroatoms. The minimum atomic E-state index is 0.167.